The molecular formula is C24H29N3O3. The quantitative estimate of drug-likeness (QED) is 0.737. The highest BCUT2D eigenvalue weighted by Crippen LogP contribution is 2.23. The monoisotopic (exact) mass is 407 g/mol. The van der Waals surface area contributed by atoms with Gasteiger partial charge in [0.25, 0.3) is 0 Å². The fraction of sp³-hybridized carbons (Fsp3) is 0.417. The fourth-order valence-electron chi connectivity index (χ4n) is 4.16. The lowest BCUT2D eigenvalue weighted by Gasteiger charge is -2.34. The molecule has 0 aliphatic carbocycles. The number of ether oxygens (including phenoxy) is 1. The van der Waals surface area contributed by atoms with Crippen LogP contribution in [0.25, 0.3) is 0 Å². The first-order valence-electron chi connectivity index (χ1n) is 10.5. The minimum atomic E-state index is -0.615. The normalized spacial score (nSPS) is 23.4. The Labute approximate surface area is 177 Å². The van der Waals surface area contributed by atoms with Crippen molar-refractivity contribution in [1.82, 2.24) is 15.5 Å². The van der Waals surface area contributed by atoms with E-state index >= 15 is 0 Å². The van der Waals surface area contributed by atoms with Crippen molar-refractivity contribution in [3.63, 3.8) is 0 Å². The third-order valence-corrected chi connectivity index (χ3v) is 6.06. The SMILES string of the molecule is Cc1ccc(CN[C@H]2C[C@H]3C(=O)N[C@@H](COCc4ccccc4)C(=O)N3C2)cc1C. The zero-order valence-corrected chi connectivity index (χ0v) is 17.6. The summed E-state index contributed by atoms with van der Waals surface area (Å²) < 4.78 is 5.70. The van der Waals surface area contributed by atoms with Crippen LogP contribution in [0, 0.1) is 13.8 Å². The summed E-state index contributed by atoms with van der Waals surface area (Å²) >= 11 is 0. The summed E-state index contributed by atoms with van der Waals surface area (Å²) in [7, 11) is 0. The van der Waals surface area contributed by atoms with Crippen LogP contribution < -0.4 is 10.6 Å². The molecule has 4 rings (SSSR count). The number of piperazine rings is 1. The molecule has 0 unspecified atom stereocenters. The fourth-order valence-corrected chi connectivity index (χ4v) is 4.16. The van der Waals surface area contributed by atoms with E-state index in [0.717, 1.165) is 12.1 Å². The highest BCUT2D eigenvalue weighted by Gasteiger charge is 2.46. The molecule has 2 heterocycles. The van der Waals surface area contributed by atoms with Gasteiger partial charge in [-0.1, -0.05) is 48.5 Å². The first-order chi connectivity index (χ1) is 14.5. The maximum Gasteiger partial charge on any atom is 0.248 e. The van der Waals surface area contributed by atoms with Crippen LogP contribution in [0.15, 0.2) is 48.5 Å². The van der Waals surface area contributed by atoms with E-state index in [9.17, 15) is 9.59 Å². The molecule has 30 heavy (non-hydrogen) atoms. The predicted octanol–water partition coefficient (Wildman–Crippen LogP) is 2.08. The van der Waals surface area contributed by atoms with Gasteiger partial charge in [-0.25, -0.2) is 0 Å². The average molecular weight is 408 g/mol. The predicted molar refractivity (Wildman–Crippen MR) is 115 cm³/mol. The van der Waals surface area contributed by atoms with Crippen molar-refractivity contribution in [3.05, 3.63) is 70.8 Å². The molecule has 3 atom stereocenters. The third kappa shape index (κ3) is 4.55. The smallest absolute Gasteiger partial charge is 0.248 e. The second kappa shape index (κ2) is 8.98. The lowest BCUT2D eigenvalue weighted by Crippen LogP contribution is -2.62. The Morgan fingerprint density at radius 2 is 1.87 bits per heavy atom. The number of hydrogen-bond donors (Lipinski definition) is 2. The van der Waals surface area contributed by atoms with E-state index < -0.39 is 6.04 Å². The number of aryl methyl sites for hydroxylation is 2. The van der Waals surface area contributed by atoms with Crippen molar-refractivity contribution in [1.29, 1.82) is 0 Å². The van der Waals surface area contributed by atoms with Gasteiger partial charge < -0.3 is 20.3 Å². The molecule has 0 aromatic heterocycles. The summed E-state index contributed by atoms with van der Waals surface area (Å²) in [6.07, 6.45) is 0.639. The largest absolute Gasteiger partial charge is 0.374 e. The van der Waals surface area contributed by atoms with Gasteiger partial charge in [0.05, 0.1) is 13.2 Å². The maximum atomic E-state index is 12.9. The number of hydrogen-bond acceptors (Lipinski definition) is 4. The summed E-state index contributed by atoms with van der Waals surface area (Å²) in [5.74, 6) is -0.137. The van der Waals surface area contributed by atoms with Crippen LogP contribution in [0.4, 0.5) is 0 Å². The van der Waals surface area contributed by atoms with Gasteiger partial charge in [-0.2, -0.15) is 0 Å². The minimum Gasteiger partial charge on any atom is -0.374 e. The average Bonchev–Trinajstić information content (AvgIpc) is 3.18. The van der Waals surface area contributed by atoms with Crippen LogP contribution in [-0.4, -0.2) is 48.0 Å². The van der Waals surface area contributed by atoms with Gasteiger partial charge in [0, 0.05) is 19.1 Å². The first kappa shape index (κ1) is 20.6. The molecule has 2 aromatic carbocycles. The third-order valence-electron chi connectivity index (χ3n) is 6.06. The van der Waals surface area contributed by atoms with Crippen LogP contribution in [0.3, 0.4) is 0 Å². The van der Waals surface area contributed by atoms with Gasteiger partial charge >= 0.3 is 0 Å². The van der Waals surface area contributed by atoms with Crippen molar-refractivity contribution < 1.29 is 14.3 Å². The number of nitrogens with zero attached hydrogens (tertiary/aromatic N) is 1. The van der Waals surface area contributed by atoms with Crippen molar-refractivity contribution in [2.75, 3.05) is 13.2 Å². The van der Waals surface area contributed by atoms with Gasteiger partial charge in [0.2, 0.25) is 11.8 Å². The Morgan fingerprint density at radius 1 is 1.07 bits per heavy atom. The molecule has 2 fully saturated rings. The number of amides is 2. The van der Waals surface area contributed by atoms with E-state index in [4.69, 9.17) is 4.74 Å². The summed E-state index contributed by atoms with van der Waals surface area (Å²) in [5.41, 5.74) is 4.80. The summed E-state index contributed by atoms with van der Waals surface area (Å²) in [6, 6.07) is 15.3. The van der Waals surface area contributed by atoms with E-state index in [1.165, 1.54) is 16.7 Å². The van der Waals surface area contributed by atoms with Gasteiger partial charge in [-0.05, 0) is 42.5 Å². The molecule has 158 valence electrons. The molecule has 6 nitrogen and oxygen atoms in total. The van der Waals surface area contributed by atoms with Gasteiger partial charge in [-0.15, -0.1) is 0 Å². The van der Waals surface area contributed by atoms with E-state index in [2.05, 4.69) is 42.7 Å². The highest BCUT2D eigenvalue weighted by molar-refractivity contribution is 5.97. The molecule has 2 N–H and O–H groups in total. The molecule has 0 spiro atoms. The van der Waals surface area contributed by atoms with Crippen molar-refractivity contribution in [2.45, 2.75) is 51.5 Å². The molecule has 2 amide bonds. The molecule has 0 radical (unpaired) electrons. The molecule has 2 saturated heterocycles. The number of rotatable bonds is 7. The van der Waals surface area contributed by atoms with Crippen molar-refractivity contribution >= 4 is 11.8 Å². The highest BCUT2D eigenvalue weighted by atomic mass is 16.5. The second-order valence-electron chi connectivity index (χ2n) is 8.30. The van der Waals surface area contributed by atoms with E-state index in [1.807, 2.05) is 30.3 Å². The number of carbonyl (C=O) groups excluding carboxylic acids is 2. The lowest BCUT2D eigenvalue weighted by atomic mass is 10.1. The van der Waals surface area contributed by atoms with Gasteiger partial charge in [-0.3, -0.25) is 9.59 Å². The number of nitrogens with one attached hydrogen (secondary N) is 2. The van der Waals surface area contributed by atoms with E-state index in [1.54, 1.807) is 4.90 Å². The zero-order valence-electron chi connectivity index (χ0n) is 17.6. The molecule has 0 saturated carbocycles. The number of fused-ring (bicyclic) bond motifs is 1. The van der Waals surface area contributed by atoms with Crippen LogP contribution in [0.2, 0.25) is 0 Å². The summed E-state index contributed by atoms with van der Waals surface area (Å²) in [5, 5.41) is 6.37. The Balaban J connectivity index is 1.30. The lowest BCUT2D eigenvalue weighted by molar-refractivity contribution is -0.148. The Kier molecular flexibility index (Phi) is 6.16. The van der Waals surface area contributed by atoms with E-state index in [0.29, 0.717) is 19.6 Å². The Hall–Kier alpha value is -2.70. The van der Waals surface area contributed by atoms with Crippen LogP contribution in [-0.2, 0) is 27.5 Å². The van der Waals surface area contributed by atoms with Crippen molar-refractivity contribution in [2.24, 2.45) is 0 Å². The van der Waals surface area contributed by atoms with Gasteiger partial charge in [0.1, 0.15) is 12.1 Å². The van der Waals surface area contributed by atoms with Crippen LogP contribution in [0.1, 0.15) is 28.7 Å². The van der Waals surface area contributed by atoms with E-state index in [-0.39, 0.29) is 30.5 Å². The molecular weight excluding hydrogens is 378 g/mol. The minimum absolute atomic E-state index is 0.0526. The zero-order chi connectivity index (χ0) is 21.1. The summed E-state index contributed by atoms with van der Waals surface area (Å²) in [4.78, 5) is 27.2. The maximum absolute atomic E-state index is 12.9. The molecule has 0 bridgehead atoms. The van der Waals surface area contributed by atoms with Crippen molar-refractivity contribution in [3.8, 4) is 0 Å². The molecule has 2 aromatic rings. The Morgan fingerprint density at radius 3 is 2.63 bits per heavy atom. The molecule has 6 heteroatoms. The van der Waals surface area contributed by atoms with Crippen LogP contribution >= 0.6 is 0 Å². The standard InChI is InChI=1S/C24H29N3O3/c1-16-8-9-19(10-17(16)2)12-25-20-11-22-23(28)26-21(24(29)27(22)13-20)15-30-14-18-6-4-3-5-7-18/h3-10,20-22,25H,11-15H2,1-2H3,(H,26,28)/t20-,21-,22-/m0/s1. The Bertz CT molecular complexity index is 915. The number of benzene rings is 2. The molecule has 2 aliphatic rings. The first-order valence-corrected chi connectivity index (χ1v) is 10.5. The summed E-state index contributed by atoms with van der Waals surface area (Å²) in [6.45, 7) is 6.10. The topological polar surface area (TPSA) is 70.7 Å². The van der Waals surface area contributed by atoms with Crippen LogP contribution in [0.5, 0.6) is 0 Å². The van der Waals surface area contributed by atoms with Gasteiger partial charge in [0.15, 0.2) is 0 Å². The molecule has 2 aliphatic heterocycles. The second-order valence-corrected chi connectivity index (χ2v) is 8.30. The number of carbonyl (C=O) groups is 2.